The second-order valence-corrected chi connectivity index (χ2v) is 9.51. The molecule has 1 amide bonds. The van der Waals surface area contributed by atoms with E-state index in [0.29, 0.717) is 38.1 Å². The highest BCUT2D eigenvalue weighted by molar-refractivity contribution is 7.89. The molecular weight excluding hydrogens is 474 g/mol. The van der Waals surface area contributed by atoms with E-state index in [4.69, 9.17) is 14.6 Å². The van der Waals surface area contributed by atoms with Gasteiger partial charge in [-0.1, -0.05) is 0 Å². The summed E-state index contributed by atoms with van der Waals surface area (Å²) in [5, 5.41) is 4.92. The van der Waals surface area contributed by atoms with Crippen molar-refractivity contribution in [3.8, 4) is 11.6 Å². The highest BCUT2D eigenvalue weighted by atomic mass is 32.2. The van der Waals surface area contributed by atoms with Crippen LogP contribution in [0.3, 0.4) is 0 Å². The Morgan fingerprint density at radius 1 is 1.15 bits per heavy atom. The van der Waals surface area contributed by atoms with Crippen LogP contribution in [0.1, 0.15) is 26.7 Å². The van der Waals surface area contributed by atoms with Gasteiger partial charge in [-0.25, -0.2) is 37.1 Å². The van der Waals surface area contributed by atoms with Crippen molar-refractivity contribution in [3.63, 3.8) is 0 Å². The number of amides is 1. The van der Waals surface area contributed by atoms with E-state index in [2.05, 4.69) is 15.0 Å². The van der Waals surface area contributed by atoms with Crippen LogP contribution < -0.4 is 9.88 Å². The highest BCUT2D eigenvalue weighted by Crippen LogP contribution is 2.28. The molecule has 34 heavy (non-hydrogen) atoms. The zero-order valence-corrected chi connectivity index (χ0v) is 19.1. The van der Waals surface area contributed by atoms with E-state index in [-0.39, 0.29) is 41.0 Å². The lowest BCUT2D eigenvalue weighted by Crippen LogP contribution is -2.42. The second kappa shape index (κ2) is 9.10. The van der Waals surface area contributed by atoms with E-state index in [1.54, 1.807) is 18.7 Å². The summed E-state index contributed by atoms with van der Waals surface area (Å²) in [6, 6.07) is 1.20. The number of ether oxygens (including phenoxy) is 2. The number of piperidine rings is 1. The van der Waals surface area contributed by atoms with Gasteiger partial charge in [0.1, 0.15) is 35.3 Å². The lowest BCUT2D eigenvalue weighted by atomic mass is 10.1. The second-order valence-electron chi connectivity index (χ2n) is 7.98. The van der Waals surface area contributed by atoms with Gasteiger partial charge in [0.25, 0.3) is 0 Å². The van der Waals surface area contributed by atoms with Crippen LogP contribution in [0.2, 0.25) is 0 Å². The number of primary sulfonamides is 1. The molecule has 0 spiro atoms. The number of imidazole rings is 1. The summed E-state index contributed by atoms with van der Waals surface area (Å²) in [5.74, 6) is -2.10. The smallest absolute Gasteiger partial charge is 0.410 e. The maximum atomic E-state index is 14.7. The molecule has 0 atom stereocenters. The number of halogens is 2. The molecule has 0 radical (unpaired) electrons. The number of likely N-dealkylation sites (tertiary alicyclic amines) is 1. The van der Waals surface area contributed by atoms with E-state index in [9.17, 15) is 22.0 Å². The number of carbonyl (C=O) groups excluding carboxylic acids is 1. The topological polar surface area (TPSA) is 143 Å². The van der Waals surface area contributed by atoms with Crippen LogP contribution in [-0.2, 0) is 14.8 Å². The molecule has 1 aliphatic rings. The molecule has 1 fully saturated rings. The van der Waals surface area contributed by atoms with E-state index in [1.807, 2.05) is 0 Å². The van der Waals surface area contributed by atoms with Gasteiger partial charge in [-0.2, -0.15) is 4.98 Å². The molecule has 0 bridgehead atoms. The van der Waals surface area contributed by atoms with E-state index in [1.165, 1.54) is 12.7 Å². The van der Waals surface area contributed by atoms with Gasteiger partial charge in [-0.3, -0.25) is 4.57 Å². The van der Waals surface area contributed by atoms with E-state index >= 15 is 0 Å². The number of aromatic nitrogens is 4. The van der Waals surface area contributed by atoms with Crippen molar-refractivity contribution < 1.29 is 31.5 Å². The third kappa shape index (κ3) is 4.77. The van der Waals surface area contributed by atoms with Gasteiger partial charge >= 0.3 is 6.09 Å². The number of benzene rings is 1. The fourth-order valence-corrected chi connectivity index (χ4v) is 4.19. The number of nitrogens with zero attached hydrogens (tertiary/aromatic N) is 5. The van der Waals surface area contributed by atoms with Crippen LogP contribution in [0.15, 0.2) is 29.7 Å². The first-order valence-electron chi connectivity index (χ1n) is 10.4. The van der Waals surface area contributed by atoms with E-state index in [0.717, 1.165) is 4.57 Å². The molecule has 0 aliphatic carbocycles. The molecule has 2 N–H and O–H groups in total. The number of rotatable bonds is 5. The van der Waals surface area contributed by atoms with Crippen molar-refractivity contribution in [2.24, 2.45) is 5.14 Å². The summed E-state index contributed by atoms with van der Waals surface area (Å²) in [6.45, 7) is 4.45. The average molecular weight is 496 g/mol. The highest BCUT2D eigenvalue weighted by Gasteiger charge is 2.27. The Labute approximate surface area is 193 Å². The molecular formula is C20H22F2N6O5S. The van der Waals surface area contributed by atoms with Gasteiger partial charge in [-0.15, -0.1) is 0 Å². The molecule has 3 heterocycles. The average Bonchev–Trinajstić information content (AvgIpc) is 3.19. The zero-order valence-electron chi connectivity index (χ0n) is 18.3. The Kier molecular flexibility index (Phi) is 6.36. The zero-order chi connectivity index (χ0) is 24.6. The number of sulfonamides is 1. The number of hydrogen-bond donors (Lipinski definition) is 1. The van der Waals surface area contributed by atoms with Crippen molar-refractivity contribution in [3.05, 3.63) is 36.4 Å². The van der Waals surface area contributed by atoms with Crippen LogP contribution in [-0.4, -0.2) is 64.2 Å². The summed E-state index contributed by atoms with van der Waals surface area (Å²) in [6.07, 6.45) is 2.63. The lowest BCUT2D eigenvalue weighted by Gasteiger charge is -2.31. The molecule has 1 saturated heterocycles. The monoisotopic (exact) mass is 496 g/mol. The third-order valence-corrected chi connectivity index (χ3v) is 6.11. The Morgan fingerprint density at radius 2 is 1.85 bits per heavy atom. The SMILES string of the molecule is CC(C)OC(=O)N1CCC(Oc2ncnc3c2ncn3-c2cc(F)c(S(N)(=O)=O)cc2F)CC1. The fraction of sp³-hybridized carbons (Fsp3) is 0.400. The third-order valence-electron chi connectivity index (χ3n) is 5.18. The number of nitrogens with two attached hydrogens (primary N) is 1. The Balaban J connectivity index is 1.56. The molecule has 11 nitrogen and oxygen atoms in total. The predicted octanol–water partition coefficient (Wildman–Crippen LogP) is 2.13. The lowest BCUT2D eigenvalue weighted by molar-refractivity contribution is 0.0510. The Hall–Kier alpha value is -3.39. The van der Waals surface area contributed by atoms with Crippen LogP contribution in [0.5, 0.6) is 5.88 Å². The first-order valence-corrected chi connectivity index (χ1v) is 11.9. The molecule has 3 aromatic rings. The maximum Gasteiger partial charge on any atom is 0.410 e. The van der Waals surface area contributed by atoms with Gasteiger partial charge < -0.3 is 14.4 Å². The molecule has 0 saturated carbocycles. The van der Waals surface area contributed by atoms with Crippen LogP contribution in [0.4, 0.5) is 13.6 Å². The van der Waals surface area contributed by atoms with Gasteiger partial charge in [0.05, 0.1) is 11.8 Å². The fourth-order valence-electron chi connectivity index (χ4n) is 3.59. The predicted molar refractivity (Wildman–Crippen MR) is 115 cm³/mol. The molecule has 1 aliphatic heterocycles. The Morgan fingerprint density at radius 3 is 2.50 bits per heavy atom. The van der Waals surface area contributed by atoms with Crippen molar-refractivity contribution in [1.29, 1.82) is 0 Å². The van der Waals surface area contributed by atoms with Crippen LogP contribution in [0.25, 0.3) is 16.9 Å². The van der Waals surface area contributed by atoms with Gasteiger partial charge in [-0.05, 0) is 19.9 Å². The summed E-state index contributed by atoms with van der Waals surface area (Å²) in [4.78, 5) is 25.1. The molecule has 182 valence electrons. The van der Waals surface area contributed by atoms with Gasteiger partial charge in [0, 0.05) is 32.0 Å². The summed E-state index contributed by atoms with van der Waals surface area (Å²) < 4.78 is 64.2. The van der Waals surface area contributed by atoms with Crippen molar-refractivity contribution >= 4 is 27.3 Å². The van der Waals surface area contributed by atoms with Crippen molar-refractivity contribution in [2.75, 3.05) is 13.1 Å². The normalized spacial score (nSPS) is 15.2. The minimum absolute atomic E-state index is 0.129. The van der Waals surface area contributed by atoms with Crippen molar-refractivity contribution in [2.45, 2.75) is 43.8 Å². The molecule has 1 aromatic carbocycles. The minimum Gasteiger partial charge on any atom is -0.473 e. The van der Waals surface area contributed by atoms with Crippen molar-refractivity contribution in [1.82, 2.24) is 24.4 Å². The maximum absolute atomic E-state index is 14.7. The largest absolute Gasteiger partial charge is 0.473 e. The van der Waals surface area contributed by atoms with E-state index < -0.39 is 26.6 Å². The number of hydrogen-bond acceptors (Lipinski definition) is 8. The summed E-state index contributed by atoms with van der Waals surface area (Å²) >= 11 is 0. The molecule has 14 heteroatoms. The van der Waals surface area contributed by atoms with Crippen LogP contribution >= 0.6 is 0 Å². The first kappa shape index (κ1) is 23.8. The molecule has 2 aromatic heterocycles. The Bertz CT molecular complexity index is 1340. The van der Waals surface area contributed by atoms with Gasteiger partial charge in [0.2, 0.25) is 15.9 Å². The van der Waals surface area contributed by atoms with Crippen LogP contribution in [0, 0.1) is 11.6 Å². The molecule has 0 unspecified atom stereocenters. The van der Waals surface area contributed by atoms with Gasteiger partial charge in [0.15, 0.2) is 11.2 Å². The number of carbonyl (C=O) groups is 1. The standard InChI is InChI=1S/C20H22F2N6O5S/c1-11(2)32-20(29)27-5-3-12(4-6-27)33-19-17-18(24-9-25-19)28(10-26-17)15-7-14(22)16(8-13(15)21)34(23,30)31/h7-12H,3-6H2,1-2H3,(H2,23,30,31). The summed E-state index contributed by atoms with van der Waals surface area (Å²) in [7, 11) is -4.44. The summed E-state index contributed by atoms with van der Waals surface area (Å²) in [5.41, 5.74) is 0.0260. The quantitative estimate of drug-likeness (QED) is 0.566. The number of fused-ring (bicyclic) bond motifs is 1. The minimum atomic E-state index is -4.44. The first-order chi connectivity index (χ1) is 16.0. The molecule has 4 rings (SSSR count).